The summed E-state index contributed by atoms with van der Waals surface area (Å²) in [5.74, 6) is 0.112. The Morgan fingerprint density at radius 1 is 1.44 bits per heavy atom. The fraction of sp³-hybridized carbons (Fsp3) is 0.545. The van der Waals surface area contributed by atoms with E-state index in [0.29, 0.717) is 23.4 Å². The van der Waals surface area contributed by atoms with Crippen LogP contribution in [-0.2, 0) is 4.74 Å². The first-order chi connectivity index (χ1) is 7.56. The molecule has 2 heterocycles. The SMILES string of the molecule is C[C@@H]1CN(c2ncc(Br)cc2F)C[C@H](C)O1. The number of hydrogen-bond acceptors (Lipinski definition) is 3. The Bertz CT molecular complexity index is 378. The summed E-state index contributed by atoms with van der Waals surface area (Å²) >= 11 is 3.20. The zero-order valence-corrected chi connectivity index (χ0v) is 10.9. The minimum atomic E-state index is -0.296. The Labute approximate surface area is 103 Å². The number of rotatable bonds is 1. The van der Waals surface area contributed by atoms with Crippen molar-refractivity contribution in [3.05, 3.63) is 22.6 Å². The first-order valence-corrected chi connectivity index (χ1v) is 6.07. The molecule has 0 bridgehead atoms. The van der Waals surface area contributed by atoms with Crippen LogP contribution in [-0.4, -0.2) is 30.3 Å². The fourth-order valence-corrected chi connectivity index (χ4v) is 2.29. The van der Waals surface area contributed by atoms with Crippen molar-refractivity contribution >= 4 is 21.7 Å². The Kier molecular flexibility index (Phi) is 3.44. The van der Waals surface area contributed by atoms with Crippen molar-refractivity contribution < 1.29 is 9.13 Å². The molecule has 1 aliphatic rings. The predicted molar refractivity (Wildman–Crippen MR) is 64.1 cm³/mol. The van der Waals surface area contributed by atoms with Crippen molar-refractivity contribution in [3.63, 3.8) is 0 Å². The van der Waals surface area contributed by atoms with Crippen LogP contribution in [0.25, 0.3) is 0 Å². The van der Waals surface area contributed by atoms with Crippen LogP contribution >= 0.6 is 15.9 Å². The van der Waals surface area contributed by atoms with Gasteiger partial charge in [0, 0.05) is 23.8 Å². The first kappa shape index (κ1) is 11.8. The molecule has 1 aliphatic heterocycles. The molecule has 0 radical (unpaired) electrons. The van der Waals surface area contributed by atoms with Crippen LogP contribution < -0.4 is 4.90 Å². The predicted octanol–water partition coefficient (Wildman–Crippen LogP) is 2.60. The summed E-state index contributed by atoms with van der Waals surface area (Å²) < 4.78 is 20.0. The van der Waals surface area contributed by atoms with Crippen molar-refractivity contribution in [1.82, 2.24) is 4.98 Å². The number of nitrogens with zero attached hydrogens (tertiary/aromatic N) is 2. The molecular weight excluding hydrogens is 275 g/mol. The van der Waals surface area contributed by atoms with E-state index in [1.807, 2.05) is 18.7 Å². The molecule has 0 spiro atoms. The minimum absolute atomic E-state index is 0.105. The molecule has 0 unspecified atom stereocenters. The summed E-state index contributed by atoms with van der Waals surface area (Å²) in [6.45, 7) is 5.32. The zero-order chi connectivity index (χ0) is 11.7. The third-order valence-corrected chi connectivity index (χ3v) is 2.94. The summed E-state index contributed by atoms with van der Waals surface area (Å²) in [6.07, 6.45) is 1.82. The molecule has 0 aromatic carbocycles. The van der Waals surface area contributed by atoms with Crippen LogP contribution in [0.4, 0.5) is 10.2 Å². The van der Waals surface area contributed by atoms with Gasteiger partial charge in [0.2, 0.25) is 0 Å². The molecule has 1 aromatic rings. The van der Waals surface area contributed by atoms with E-state index in [1.54, 1.807) is 6.20 Å². The lowest BCUT2D eigenvalue weighted by Crippen LogP contribution is -2.46. The second-order valence-corrected chi connectivity index (χ2v) is 5.04. The number of aromatic nitrogens is 1. The van der Waals surface area contributed by atoms with E-state index in [4.69, 9.17) is 4.74 Å². The average molecular weight is 289 g/mol. The highest BCUT2D eigenvalue weighted by Crippen LogP contribution is 2.23. The molecule has 0 N–H and O–H groups in total. The summed E-state index contributed by atoms with van der Waals surface area (Å²) in [4.78, 5) is 6.05. The number of hydrogen-bond donors (Lipinski definition) is 0. The maximum absolute atomic E-state index is 13.7. The van der Waals surface area contributed by atoms with Gasteiger partial charge in [-0.3, -0.25) is 0 Å². The molecule has 16 heavy (non-hydrogen) atoms. The number of morpholine rings is 1. The van der Waals surface area contributed by atoms with Crippen molar-refractivity contribution in [3.8, 4) is 0 Å². The van der Waals surface area contributed by atoms with E-state index >= 15 is 0 Å². The van der Waals surface area contributed by atoms with Crippen molar-refractivity contribution in [2.75, 3.05) is 18.0 Å². The van der Waals surface area contributed by atoms with Gasteiger partial charge in [0.05, 0.1) is 12.2 Å². The summed E-state index contributed by atoms with van der Waals surface area (Å²) in [6, 6.07) is 1.44. The second kappa shape index (κ2) is 4.67. The summed E-state index contributed by atoms with van der Waals surface area (Å²) in [7, 11) is 0. The lowest BCUT2D eigenvalue weighted by Gasteiger charge is -2.36. The maximum Gasteiger partial charge on any atom is 0.166 e. The lowest BCUT2D eigenvalue weighted by atomic mass is 10.2. The Morgan fingerprint density at radius 3 is 2.62 bits per heavy atom. The fourth-order valence-electron chi connectivity index (χ4n) is 1.99. The summed E-state index contributed by atoms with van der Waals surface area (Å²) in [5.41, 5.74) is 0. The highest BCUT2D eigenvalue weighted by Gasteiger charge is 2.25. The van der Waals surface area contributed by atoms with E-state index in [2.05, 4.69) is 20.9 Å². The quantitative estimate of drug-likeness (QED) is 0.794. The molecule has 1 saturated heterocycles. The number of halogens is 2. The second-order valence-electron chi connectivity index (χ2n) is 4.12. The van der Waals surface area contributed by atoms with Gasteiger partial charge in [-0.25, -0.2) is 9.37 Å². The molecule has 0 saturated carbocycles. The van der Waals surface area contributed by atoms with Gasteiger partial charge in [-0.1, -0.05) is 0 Å². The van der Waals surface area contributed by atoms with E-state index in [9.17, 15) is 4.39 Å². The third kappa shape index (κ3) is 2.52. The molecular formula is C11H14BrFN2O. The van der Waals surface area contributed by atoms with Gasteiger partial charge in [-0.2, -0.15) is 0 Å². The molecule has 0 aliphatic carbocycles. The number of ether oxygens (including phenoxy) is 1. The average Bonchev–Trinajstić information content (AvgIpc) is 2.15. The molecule has 3 nitrogen and oxygen atoms in total. The maximum atomic E-state index is 13.7. The van der Waals surface area contributed by atoms with Crippen LogP contribution in [0, 0.1) is 5.82 Å². The molecule has 0 amide bonds. The standard InChI is InChI=1S/C11H14BrFN2O/c1-7-5-15(6-8(2)16-7)11-10(13)3-9(12)4-14-11/h3-4,7-8H,5-6H2,1-2H3/t7-,8+. The molecule has 1 aromatic heterocycles. The Hall–Kier alpha value is -0.680. The minimum Gasteiger partial charge on any atom is -0.372 e. The smallest absolute Gasteiger partial charge is 0.166 e. The van der Waals surface area contributed by atoms with Crippen LogP contribution in [0.15, 0.2) is 16.7 Å². The van der Waals surface area contributed by atoms with Gasteiger partial charge < -0.3 is 9.64 Å². The Balaban J connectivity index is 2.23. The van der Waals surface area contributed by atoms with Crippen LogP contribution in [0.3, 0.4) is 0 Å². The normalized spacial score (nSPS) is 25.9. The highest BCUT2D eigenvalue weighted by atomic mass is 79.9. The number of pyridine rings is 1. The molecule has 5 heteroatoms. The van der Waals surface area contributed by atoms with Gasteiger partial charge in [-0.15, -0.1) is 0 Å². The van der Waals surface area contributed by atoms with E-state index in [1.165, 1.54) is 6.07 Å². The monoisotopic (exact) mass is 288 g/mol. The van der Waals surface area contributed by atoms with Crippen LogP contribution in [0.2, 0.25) is 0 Å². The Morgan fingerprint density at radius 2 is 2.06 bits per heavy atom. The van der Waals surface area contributed by atoms with Crippen molar-refractivity contribution in [2.45, 2.75) is 26.1 Å². The van der Waals surface area contributed by atoms with E-state index in [0.717, 1.165) is 0 Å². The van der Waals surface area contributed by atoms with E-state index < -0.39 is 0 Å². The molecule has 2 rings (SSSR count). The van der Waals surface area contributed by atoms with Crippen molar-refractivity contribution in [1.29, 1.82) is 0 Å². The number of anilines is 1. The van der Waals surface area contributed by atoms with E-state index in [-0.39, 0.29) is 18.0 Å². The van der Waals surface area contributed by atoms with Gasteiger partial charge in [-0.05, 0) is 35.8 Å². The van der Waals surface area contributed by atoms with Gasteiger partial charge in [0.25, 0.3) is 0 Å². The highest BCUT2D eigenvalue weighted by molar-refractivity contribution is 9.10. The van der Waals surface area contributed by atoms with Gasteiger partial charge >= 0.3 is 0 Å². The van der Waals surface area contributed by atoms with Crippen molar-refractivity contribution in [2.24, 2.45) is 0 Å². The molecule has 2 atom stereocenters. The van der Waals surface area contributed by atoms with Crippen LogP contribution in [0.5, 0.6) is 0 Å². The molecule has 88 valence electrons. The van der Waals surface area contributed by atoms with Gasteiger partial charge in [0.15, 0.2) is 11.6 Å². The third-order valence-electron chi connectivity index (χ3n) is 2.51. The van der Waals surface area contributed by atoms with Gasteiger partial charge in [0.1, 0.15) is 0 Å². The largest absolute Gasteiger partial charge is 0.372 e. The lowest BCUT2D eigenvalue weighted by molar-refractivity contribution is -0.00565. The summed E-state index contributed by atoms with van der Waals surface area (Å²) in [5, 5.41) is 0. The molecule has 1 fully saturated rings. The topological polar surface area (TPSA) is 25.4 Å². The zero-order valence-electron chi connectivity index (χ0n) is 9.28. The first-order valence-electron chi connectivity index (χ1n) is 5.27. The van der Waals surface area contributed by atoms with Crippen LogP contribution in [0.1, 0.15) is 13.8 Å².